The number of hydrogen-bond donors (Lipinski definition) is 0. The van der Waals surface area contributed by atoms with E-state index in [0.29, 0.717) is 50.8 Å². The highest BCUT2D eigenvalue weighted by Gasteiger charge is 2.32. The molecule has 3 rings (SSSR count). The van der Waals surface area contributed by atoms with Crippen LogP contribution in [0.5, 0.6) is 0 Å². The first-order chi connectivity index (χ1) is 11.5. The van der Waals surface area contributed by atoms with Crippen molar-refractivity contribution in [1.29, 1.82) is 0 Å². The van der Waals surface area contributed by atoms with E-state index >= 15 is 0 Å². The van der Waals surface area contributed by atoms with Crippen LogP contribution in [0, 0.1) is 0 Å². The monoisotopic (exact) mass is 354 g/mol. The Hall–Kier alpha value is -1.74. The summed E-state index contributed by atoms with van der Waals surface area (Å²) in [7, 11) is -2.96. The van der Waals surface area contributed by atoms with E-state index in [1.54, 1.807) is 11.1 Å². The van der Waals surface area contributed by atoms with Gasteiger partial charge in [-0.15, -0.1) is 0 Å². The van der Waals surface area contributed by atoms with Crippen molar-refractivity contribution in [3.05, 3.63) is 18.1 Å². The van der Waals surface area contributed by atoms with E-state index in [0.717, 1.165) is 0 Å². The first kappa shape index (κ1) is 17.1. The zero-order chi connectivity index (χ0) is 17.2. The van der Waals surface area contributed by atoms with Crippen molar-refractivity contribution in [3.63, 3.8) is 0 Å². The second-order valence-electron chi connectivity index (χ2n) is 6.01. The molecule has 8 nitrogen and oxygen atoms in total. The third kappa shape index (κ3) is 3.67. The van der Waals surface area contributed by atoms with Gasteiger partial charge < -0.3 is 14.5 Å². The molecule has 2 fully saturated rings. The van der Waals surface area contributed by atoms with Crippen LogP contribution in [-0.2, 0) is 14.6 Å². The second kappa shape index (κ2) is 7.02. The Morgan fingerprint density at radius 1 is 1.33 bits per heavy atom. The SMILES string of the molecule is CCN(c1cnc(C(=O)N2CCOCC2)cn1)C1CCS(=O)(=O)C1. The highest BCUT2D eigenvalue weighted by Crippen LogP contribution is 2.22. The van der Waals surface area contributed by atoms with E-state index in [4.69, 9.17) is 4.74 Å². The molecule has 132 valence electrons. The summed E-state index contributed by atoms with van der Waals surface area (Å²) in [5, 5.41) is 0. The van der Waals surface area contributed by atoms with Crippen LogP contribution in [0.2, 0.25) is 0 Å². The van der Waals surface area contributed by atoms with E-state index in [1.165, 1.54) is 6.20 Å². The molecule has 0 aromatic carbocycles. The van der Waals surface area contributed by atoms with Crippen LogP contribution >= 0.6 is 0 Å². The predicted octanol–water partition coefficient (Wildman–Crippen LogP) is -0.0376. The Labute approximate surface area is 141 Å². The van der Waals surface area contributed by atoms with Crippen LogP contribution in [0.4, 0.5) is 5.82 Å². The first-order valence-electron chi connectivity index (χ1n) is 8.16. The molecule has 0 bridgehead atoms. The number of nitrogens with zero attached hydrogens (tertiary/aromatic N) is 4. The molecular formula is C15H22N4O4S. The lowest BCUT2D eigenvalue weighted by molar-refractivity contribution is 0.0298. The third-order valence-corrected chi connectivity index (χ3v) is 6.19. The Morgan fingerprint density at radius 2 is 2.08 bits per heavy atom. The van der Waals surface area contributed by atoms with Gasteiger partial charge >= 0.3 is 0 Å². The van der Waals surface area contributed by atoms with Crippen LogP contribution in [-0.4, -0.2) is 79.6 Å². The summed E-state index contributed by atoms with van der Waals surface area (Å²) in [6.45, 7) is 4.80. The maximum atomic E-state index is 12.4. The minimum Gasteiger partial charge on any atom is -0.378 e. The van der Waals surface area contributed by atoms with Crippen LogP contribution in [0.3, 0.4) is 0 Å². The van der Waals surface area contributed by atoms with Crippen LogP contribution < -0.4 is 4.90 Å². The molecular weight excluding hydrogens is 332 g/mol. The number of carbonyl (C=O) groups excluding carboxylic acids is 1. The number of aromatic nitrogens is 2. The molecule has 1 aromatic heterocycles. The molecule has 0 saturated carbocycles. The molecule has 1 aromatic rings. The Kier molecular flexibility index (Phi) is 5.00. The molecule has 2 saturated heterocycles. The summed E-state index contributed by atoms with van der Waals surface area (Å²) >= 11 is 0. The molecule has 3 heterocycles. The van der Waals surface area contributed by atoms with E-state index < -0.39 is 9.84 Å². The molecule has 9 heteroatoms. The fraction of sp³-hybridized carbons (Fsp3) is 0.667. The van der Waals surface area contributed by atoms with Crippen molar-refractivity contribution in [1.82, 2.24) is 14.9 Å². The van der Waals surface area contributed by atoms with E-state index in [-0.39, 0.29) is 23.5 Å². The highest BCUT2D eigenvalue weighted by molar-refractivity contribution is 7.91. The molecule has 1 unspecified atom stereocenters. The van der Waals surface area contributed by atoms with Crippen molar-refractivity contribution < 1.29 is 17.9 Å². The molecule has 2 aliphatic rings. The first-order valence-corrected chi connectivity index (χ1v) is 9.98. The second-order valence-corrected chi connectivity index (χ2v) is 8.24. The maximum Gasteiger partial charge on any atom is 0.274 e. The number of carbonyl (C=O) groups is 1. The molecule has 0 aliphatic carbocycles. The van der Waals surface area contributed by atoms with Crippen LogP contribution in [0.1, 0.15) is 23.8 Å². The molecule has 0 radical (unpaired) electrons. The normalized spacial score (nSPS) is 23.2. The van der Waals surface area contributed by atoms with Crippen molar-refractivity contribution in [2.24, 2.45) is 0 Å². The minimum atomic E-state index is -2.96. The lowest BCUT2D eigenvalue weighted by Crippen LogP contribution is -2.41. The van der Waals surface area contributed by atoms with Crippen LogP contribution in [0.15, 0.2) is 12.4 Å². The molecule has 1 amide bonds. The quantitative estimate of drug-likeness (QED) is 0.749. The Balaban J connectivity index is 1.72. The van der Waals surface area contributed by atoms with E-state index in [2.05, 4.69) is 9.97 Å². The number of amides is 1. The molecule has 2 aliphatic heterocycles. The van der Waals surface area contributed by atoms with Gasteiger partial charge in [0.05, 0.1) is 37.1 Å². The molecule has 1 atom stereocenters. The summed E-state index contributed by atoms with van der Waals surface area (Å²) in [5.41, 5.74) is 0.302. The highest BCUT2D eigenvalue weighted by atomic mass is 32.2. The Bertz CT molecular complexity index is 686. The lowest BCUT2D eigenvalue weighted by Gasteiger charge is -2.28. The van der Waals surface area contributed by atoms with Gasteiger partial charge in [0, 0.05) is 25.7 Å². The topological polar surface area (TPSA) is 92.7 Å². The Morgan fingerprint density at radius 3 is 2.62 bits per heavy atom. The van der Waals surface area contributed by atoms with E-state index in [9.17, 15) is 13.2 Å². The van der Waals surface area contributed by atoms with Crippen molar-refractivity contribution in [3.8, 4) is 0 Å². The number of hydrogen-bond acceptors (Lipinski definition) is 7. The summed E-state index contributed by atoms with van der Waals surface area (Å²) < 4.78 is 28.6. The van der Waals surface area contributed by atoms with Gasteiger partial charge in [-0.3, -0.25) is 4.79 Å². The van der Waals surface area contributed by atoms with Gasteiger partial charge in [0.2, 0.25) is 0 Å². The average Bonchev–Trinajstić information content (AvgIpc) is 2.96. The van der Waals surface area contributed by atoms with E-state index in [1.807, 2.05) is 11.8 Å². The molecule has 24 heavy (non-hydrogen) atoms. The third-order valence-electron chi connectivity index (χ3n) is 4.44. The van der Waals surface area contributed by atoms with Gasteiger partial charge in [0.25, 0.3) is 5.91 Å². The number of ether oxygens (including phenoxy) is 1. The average molecular weight is 354 g/mol. The zero-order valence-electron chi connectivity index (χ0n) is 13.7. The number of morpholine rings is 1. The summed E-state index contributed by atoms with van der Waals surface area (Å²) in [6, 6.07) is -0.0740. The molecule has 0 N–H and O–H groups in total. The predicted molar refractivity (Wildman–Crippen MR) is 88.8 cm³/mol. The van der Waals surface area contributed by atoms with Crippen molar-refractivity contribution >= 4 is 21.6 Å². The molecule has 0 spiro atoms. The van der Waals surface area contributed by atoms with Crippen molar-refractivity contribution in [2.75, 3.05) is 49.3 Å². The summed E-state index contributed by atoms with van der Waals surface area (Å²) in [6.07, 6.45) is 3.63. The minimum absolute atomic E-state index is 0.0740. The van der Waals surface area contributed by atoms with Gasteiger partial charge in [-0.2, -0.15) is 0 Å². The fourth-order valence-corrected chi connectivity index (χ4v) is 4.87. The maximum absolute atomic E-state index is 12.4. The number of anilines is 1. The van der Waals surface area contributed by atoms with Crippen molar-refractivity contribution in [2.45, 2.75) is 19.4 Å². The van der Waals surface area contributed by atoms with Gasteiger partial charge in [-0.05, 0) is 13.3 Å². The van der Waals surface area contributed by atoms with Crippen LogP contribution in [0.25, 0.3) is 0 Å². The number of rotatable bonds is 4. The van der Waals surface area contributed by atoms with Gasteiger partial charge in [0.15, 0.2) is 9.84 Å². The van der Waals surface area contributed by atoms with Gasteiger partial charge in [-0.1, -0.05) is 0 Å². The summed E-state index contributed by atoms with van der Waals surface area (Å²) in [5.74, 6) is 0.827. The standard InChI is InChI=1S/C15H22N4O4S/c1-2-19(12-3-8-24(21,22)11-12)14-10-16-13(9-17-14)15(20)18-4-6-23-7-5-18/h9-10,12H,2-8,11H2,1H3. The largest absolute Gasteiger partial charge is 0.378 e. The number of sulfone groups is 1. The fourth-order valence-electron chi connectivity index (χ4n) is 3.14. The smallest absolute Gasteiger partial charge is 0.274 e. The zero-order valence-corrected chi connectivity index (χ0v) is 14.5. The summed E-state index contributed by atoms with van der Waals surface area (Å²) in [4.78, 5) is 24.6. The lowest BCUT2D eigenvalue weighted by atomic mass is 10.2. The van der Waals surface area contributed by atoms with Gasteiger partial charge in [-0.25, -0.2) is 18.4 Å². The van der Waals surface area contributed by atoms with Gasteiger partial charge in [0.1, 0.15) is 11.5 Å².